The fourth-order valence-electron chi connectivity index (χ4n) is 2.26. The summed E-state index contributed by atoms with van der Waals surface area (Å²) in [6, 6.07) is 5.51. The van der Waals surface area contributed by atoms with Crippen LogP contribution >= 0.6 is 23.2 Å². The van der Waals surface area contributed by atoms with E-state index in [4.69, 9.17) is 23.2 Å². The topological polar surface area (TPSA) is 34.9 Å². The Kier molecular flexibility index (Phi) is 4.51. The molecule has 0 saturated heterocycles. The first kappa shape index (κ1) is 15.1. The van der Waals surface area contributed by atoms with E-state index in [-0.39, 0.29) is 5.78 Å². The number of benzene rings is 1. The normalized spacial score (nSPS) is 10.8. The lowest BCUT2D eigenvalue weighted by molar-refractivity contribution is 0.0987. The van der Waals surface area contributed by atoms with Crippen molar-refractivity contribution in [3.63, 3.8) is 0 Å². The monoisotopic (exact) mass is 310 g/mol. The van der Waals surface area contributed by atoms with E-state index in [1.54, 1.807) is 10.7 Å². The van der Waals surface area contributed by atoms with Crippen molar-refractivity contribution in [3.8, 4) is 0 Å². The molecule has 1 aromatic heterocycles. The van der Waals surface area contributed by atoms with Crippen LogP contribution in [0.1, 0.15) is 40.7 Å². The van der Waals surface area contributed by atoms with Crippen molar-refractivity contribution >= 4 is 29.0 Å². The van der Waals surface area contributed by atoms with E-state index in [0.717, 1.165) is 17.0 Å². The molecule has 2 aromatic rings. The van der Waals surface area contributed by atoms with Crippen molar-refractivity contribution in [2.45, 2.75) is 33.7 Å². The highest BCUT2D eigenvalue weighted by Gasteiger charge is 2.17. The second-order valence-electron chi connectivity index (χ2n) is 4.69. The molecule has 5 heteroatoms. The average molecular weight is 311 g/mol. The third-order valence-corrected chi connectivity index (χ3v) is 4.19. The molecule has 0 N–H and O–H groups in total. The Hall–Kier alpha value is -1.32. The summed E-state index contributed by atoms with van der Waals surface area (Å²) in [5, 5.41) is 5.50. The van der Waals surface area contributed by atoms with Crippen molar-refractivity contribution < 1.29 is 4.79 Å². The Bertz CT molecular complexity index is 662. The molecule has 0 amide bonds. The molecule has 0 aliphatic heterocycles. The number of nitrogens with zero attached hydrogens (tertiary/aromatic N) is 2. The van der Waals surface area contributed by atoms with Crippen molar-refractivity contribution in [2.24, 2.45) is 0 Å². The summed E-state index contributed by atoms with van der Waals surface area (Å²) in [5.41, 5.74) is 3.23. The quantitative estimate of drug-likeness (QED) is 0.782. The van der Waals surface area contributed by atoms with Gasteiger partial charge in [0.1, 0.15) is 0 Å². The Morgan fingerprint density at radius 3 is 2.65 bits per heavy atom. The van der Waals surface area contributed by atoms with Gasteiger partial charge in [-0.25, -0.2) is 0 Å². The van der Waals surface area contributed by atoms with Crippen LogP contribution < -0.4 is 0 Å². The van der Waals surface area contributed by atoms with E-state index in [9.17, 15) is 4.79 Å². The van der Waals surface area contributed by atoms with E-state index in [0.29, 0.717) is 28.6 Å². The zero-order valence-electron chi connectivity index (χ0n) is 11.7. The molecule has 0 radical (unpaired) electrons. The third-order valence-electron chi connectivity index (χ3n) is 3.33. The molecular weight excluding hydrogens is 295 g/mol. The number of aromatic nitrogens is 2. The van der Waals surface area contributed by atoms with E-state index in [2.05, 4.69) is 5.10 Å². The number of aryl methyl sites for hydroxylation is 1. The Balaban J connectivity index is 2.40. The molecule has 0 atom stereocenters. The summed E-state index contributed by atoms with van der Waals surface area (Å²) in [6.07, 6.45) is 0.477. The summed E-state index contributed by atoms with van der Waals surface area (Å²) in [5.74, 6) is 0.114. The predicted molar refractivity (Wildman–Crippen MR) is 81.9 cm³/mol. The minimum Gasteiger partial charge on any atom is -0.294 e. The van der Waals surface area contributed by atoms with Gasteiger partial charge in [0.25, 0.3) is 0 Å². The van der Waals surface area contributed by atoms with Crippen LogP contribution in [0.3, 0.4) is 0 Å². The summed E-state index contributed by atoms with van der Waals surface area (Å²) in [7, 11) is 0. The highest BCUT2D eigenvalue weighted by atomic mass is 35.5. The fraction of sp³-hybridized carbons (Fsp3) is 0.333. The van der Waals surface area contributed by atoms with Gasteiger partial charge in [-0.05, 0) is 25.5 Å². The maximum atomic E-state index is 11.9. The smallest absolute Gasteiger partial charge is 0.166 e. The molecule has 0 saturated carbocycles. The summed E-state index contributed by atoms with van der Waals surface area (Å²) in [6.45, 7) is 6.11. The van der Waals surface area contributed by atoms with Crippen LogP contribution in [0.15, 0.2) is 18.2 Å². The van der Waals surface area contributed by atoms with Crippen molar-refractivity contribution in [2.75, 3.05) is 0 Å². The van der Waals surface area contributed by atoms with Crippen molar-refractivity contribution in [1.82, 2.24) is 9.78 Å². The maximum absolute atomic E-state index is 11.9. The maximum Gasteiger partial charge on any atom is 0.166 e. The molecular formula is C15H16Cl2N2O. The lowest BCUT2D eigenvalue weighted by Crippen LogP contribution is -2.06. The number of carbonyl (C=O) groups excluding carboxylic acids is 1. The Labute approximate surface area is 128 Å². The van der Waals surface area contributed by atoms with Crippen LogP contribution in [0.4, 0.5) is 0 Å². The molecule has 1 heterocycles. The molecule has 0 bridgehead atoms. The zero-order valence-corrected chi connectivity index (χ0v) is 13.2. The number of hydrogen-bond donors (Lipinski definition) is 0. The first-order valence-corrected chi connectivity index (χ1v) is 7.21. The summed E-state index contributed by atoms with van der Waals surface area (Å²) >= 11 is 12.2. The van der Waals surface area contributed by atoms with Gasteiger partial charge in [0.05, 0.1) is 27.8 Å². The van der Waals surface area contributed by atoms with Gasteiger partial charge >= 0.3 is 0 Å². The molecule has 0 unspecified atom stereocenters. The SMILES string of the molecule is CCC(=O)c1c(C)nn(Cc2cccc(Cl)c2Cl)c1C. The largest absolute Gasteiger partial charge is 0.294 e. The molecule has 0 fully saturated rings. The van der Waals surface area contributed by atoms with Crippen LogP contribution in [0.5, 0.6) is 0 Å². The number of halogens is 2. The number of Topliss-reactive ketones (excluding diaryl/α,β-unsaturated/α-hetero) is 1. The molecule has 3 nitrogen and oxygen atoms in total. The van der Waals surface area contributed by atoms with Crippen molar-refractivity contribution in [1.29, 1.82) is 0 Å². The van der Waals surface area contributed by atoms with E-state index in [1.807, 2.05) is 32.9 Å². The van der Waals surface area contributed by atoms with Crippen LogP contribution in [-0.2, 0) is 6.54 Å². The molecule has 2 rings (SSSR count). The zero-order chi connectivity index (χ0) is 14.9. The van der Waals surface area contributed by atoms with Gasteiger partial charge in [-0.2, -0.15) is 5.10 Å². The second-order valence-corrected chi connectivity index (χ2v) is 5.48. The van der Waals surface area contributed by atoms with Crippen molar-refractivity contribution in [3.05, 3.63) is 50.8 Å². The van der Waals surface area contributed by atoms with Gasteiger partial charge < -0.3 is 0 Å². The molecule has 1 aromatic carbocycles. The number of carbonyl (C=O) groups is 1. The number of rotatable bonds is 4. The first-order valence-electron chi connectivity index (χ1n) is 6.45. The Morgan fingerprint density at radius 2 is 2.00 bits per heavy atom. The molecule has 20 heavy (non-hydrogen) atoms. The minimum atomic E-state index is 0.114. The lowest BCUT2D eigenvalue weighted by Gasteiger charge is -2.08. The molecule has 0 aliphatic carbocycles. The van der Waals surface area contributed by atoms with E-state index < -0.39 is 0 Å². The second kappa shape index (κ2) is 5.98. The minimum absolute atomic E-state index is 0.114. The molecule has 0 aliphatic rings. The van der Waals surface area contributed by atoms with Crippen LogP contribution in [0.25, 0.3) is 0 Å². The van der Waals surface area contributed by atoms with Gasteiger partial charge in [0.2, 0.25) is 0 Å². The Morgan fingerprint density at radius 1 is 1.30 bits per heavy atom. The van der Waals surface area contributed by atoms with E-state index >= 15 is 0 Å². The van der Waals surface area contributed by atoms with Crippen LogP contribution in [0, 0.1) is 13.8 Å². The first-order chi connectivity index (χ1) is 9.45. The standard InChI is InChI=1S/C15H16Cl2N2O/c1-4-13(20)14-9(2)18-19(10(14)3)8-11-6-5-7-12(16)15(11)17/h5-7H,4,8H2,1-3H3. The van der Waals surface area contributed by atoms with Gasteiger partial charge in [0.15, 0.2) is 5.78 Å². The van der Waals surface area contributed by atoms with Gasteiger partial charge in [-0.1, -0.05) is 42.3 Å². The number of hydrogen-bond acceptors (Lipinski definition) is 2. The van der Waals surface area contributed by atoms with Gasteiger partial charge in [0, 0.05) is 12.1 Å². The summed E-state index contributed by atoms with van der Waals surface area (Å²) in [4.78, 5) is 11.9. The number of ketones is 1. The summed E-state index contributed by atoms with van der Waals surface area (Å²) < 4.78 is 1.80. The lowest BCUT2D eigenvalue weighted by atomic mass is 10.1. The van der Waals surface area contributed by atoms with Gasteiger partial charge in [-0.3, -0.25) is 9.48 Å². The fourth-order valence-corrected chi connectivity index (χ4v) is 2.64. The van der Waals surface area contributed by atoms with Crippen LogP contribution in [0.2, 0.25) is 10.0 Å². The molecule has 0 spiro atoms. The third kappa shape index (κ3) is 2.74. The van der Waals surface area contributed by atoms with Gasteiger partial charge in [-0.15, -0.1) is 0 Å². The molecule has 106 valence electrons. The predicted octanol–water partition coefficient (Wildman–Crippen LogP) is 4.45. The van der Waals surface area contributed by atoms with E-state index in [1.165, 1.54) is 0 Å². The average Bonchev–Trinajstić information content (AvgIpc) is 2.69. The van der Waals surface area contributed by atoms with Crippen LogP contribution in [-0.4, -0.2) is 15.6 Å². The highest BCUT2D eigenvalue weighted by Crippen LogP contribution is 2.27. The highest BCUT2D eigenvalue weighted by molar-refractivity contribution is 6.42.